The molecule has 1 amide bonds. The van der Waals surface area contributed by atoms with Crippen LogP contribution in [0.4, 0.5) is 5.69 Å². The van der Waals surface area contributed by atoms with Gasteiger partial charge in [0.25, 0.3) is 11.7 Å². The summed E-state index contributed by atoms with van der Waals surface area (Å²) in [6, 6.07) is 4.94. The van der Waals surface area contributed by atoms with Crippen LogP contribution in [0.1, 0.15) is 21.7 Å². The molecule has 0 saturated carbocycles. The summed E-state index contributed by atoms with van der Waals surface area (Å²) < 4.78 is 4.58. The van der Waals surface area contributed by atoms with Crippen LogP contribution in [0.2, 0.25) is 5.02 Å². The van der Waals surface area contributed by atoms with Crippen LogP contribution in [0.15, 0.2) is 22.8 Å². The maximum Gasteiger partial charge on any atom is 0.299 e. The molecule has 0 bridgehead atoms. The summed E-state index contributed by atoms with van der Waals surface area (Å²) in [5, 5.41) is 7.62. The number of benzene rings is 1. The summed E-state index contributed by atoms with van der Waals surface area (Å²) >= 11 is 5.96. The average molecular weight is 278 g/mol. The number of aryl methyl sites for hydroxylation is 1. The Balaban J connectivity index is 2.05. The highest BCUT2D eigenvalue weighted by Gasteiger charge is 2.38. The van der Waals surface area contributed by atoms with E-state index in [1.54, 1.807) is 25.1 Å². The Kier molecular flexibility index (Phi) is 2.60. The van der Waals surface area contributed by atoms with E-state index in [1.807, 2.05) is 0 Å². The Hall–Kier alpha value is -2.21. The predicted molar refractivity (Wildman–Crippen MR) is 66.0 cm³/mol. The van der Waals surface area contributed by atoms with Crippen molar-refractivity contribution in [3.8, 4) is 0 Å². The molecule has 7 heteroatoms. The monoisotopic (exact) mass is 277 g/mol. The lowest BCUT2D eigenvalue weighted by Crippen LogP contribution is -2.29. The molecule has 2 heterocycles. The number of rotatable bonds is 2. The van der Waals surface area contributed by atoms with E-state index in [0.717, 1.165) is 0 Å². The number of fused-ring (bicyclic) bond motifs is 1. The summed E-state index contributed by atoms with van der Waals surface area (Å²) in [7, 11) is 0. The van der Waals surface area contributed by atoms with Crippen molar-refractivity contribution in [2.24, 2.45) is 0 Å². The Morgan fingerprint density at radius 1 is 1.32 bits per heavy atom. The summed E-state index contributed by atoms with van der Waals surface area (Å²) in [4.78, 5) is 25.2. The second kappa shape index (κ2) is 4.17. The standard InChI is InChI=1S/C12H8ClN3O3/c1-6-8(15-19-14-6)5-16-9-4-2-3-7(13)10(9)11(17)12(16)18/h2-4H,5H2,1H3. The fourth-order valence-electron chi connectivity index (χ4n) is 2.00. The number of carbonyl (C=O) groups is 2. The smallest absolute Gasteiger partial charge is 0.298 e. The molecule has 1 aliphatic heterocycles. The second-order valence-corrected chi connectivity index (χ2v) is 4.56. The second-order valence-electron chi connectivity index (χ2n) is 4.15. The van der Waals surface area contributed by atoms with Crippen molar-refractivity contribution in [3.63, 3.8) is 0 Å². The van der Waals surface area contributed by atoms with Crippen molar-refractivity contribution >= 4 is 29.0 Å². The first-order valence-corrected chi connectivity index (χ1v) is 5.90. The van der Waals surface area contributed by atoms with Gasteiger partial charge in [-0.25, -0.2) is 4.63 Å². The van der Waals surface area contributed by atoms with Gasteiger partial charge in [-0.2, -0.15) is 0 Å². The van der Waals surface area contributed by atoms with Crippen LogP contribution >= 0.6 is 11.6 Å². The highest BCUT2D eigenvalue weighted by Crippen LogP contribution is 2.34. The van der Waals surface area contributed by atoms with E-state index < -0.39 is 11.7 Å². The molecule has 6 nitrogen and oxygen atoms in total. The number of aromatic nitrogens is 2. The van der Waals surface area contributed by atoms with E-state index in [9.17, 15) is 9.59 Å². The Morgan fingerprint density at radius 2 is 2.11 bits per heavy atom. The third kappa shape index (κ3) is 1.72. The fraction of sp³-hybridized carbons (Fsp3) is 0.167. The Bertz CT molecular complexity index is 695. The molecule has 0 unspecified atom stereocenters. The maximum absolute atomic E-state index is 12.0. The van der Waals surface area contributed by atoms with Crippen LogP contribution in [-0.4, -0.2) is 22.0 Å². The molecule has 0 atom stereocenters. The number of hydrogen-bond acceptors (Lipinski definition) is 5. The summed E-state index contributed by atoms with van der Waals surface area (Å²) in [6.07, 6.45) is 0. The van der Waals surface area contributed by atoms with Gasteiger partial charge in [-0.15, -0.1) is 0 Å². The summed E-state index contributed by atoms with van der Waals surface area (Å²) in [5.41, 5.74) is 1.82. The van der Waals surface area contributed by atoms with Gasteiger partial charge < -0.3 is 0 Å². The molecule has 0 N–H and O–H groups in total. The zero-order valence-electron chi connectivity index (χ0n) is 9.88. The molecule has 0 aliphatic carbocycles. The molecule has 19 heavy (non-hydrogen) atoms. The van der Waals surface area contributed by atoms with Crippen molar-refractivity contribution in [2.45, 2.75) is 13.5 Å². The van der Waals surface area contributed by atoms with E-state index in [2.05, 4.69) is 14.9 Å². The van der Waals surface area contributed by atoms with Crippen LogP contribution in [-0.2, 0) is 11.3 Å². The van der Waals surface area contributed by atoms with Crippen LogP contribution in [0.5, 0.6) is 0 Å². The summed E-state index contributed by atoms with van der Waals surface area (Å²) in [6.45, 7) is 1.85. The highest BCUT2D eigenvalue weighted by molar-refractivity contribution is 6.55. The number of carbonyl (C=O) groups excluding carboxylic acids is 2. The van der Waals surface area contributed by atoms with E-state index in [-0.39, 0.29) is 17.1 Å². The molecule has 0 fully saturated rings. The molecular weight excluding hydrogens is 270 g/mol. The minimum Gasteiger partial charge on any atom is -0.298 e. The van der Waals surface area contributed by atoms with Crippen molar-refractivity contribution in [1.29, 1.82) is 0 Å². The first kappa shape index (κ1) is 11.9. The Morgan fingerprint density at radius 3 is 2.79 bits per heavy atom. The molecule has 2 aromatic rings. The molecule has 0 saturated heterocycles. The minimum atomic E-state index is -0.620. The lowest BCUT2D eigenvalue weighted by molar-refractivity contribution is -0.114. The van der Waals surface area contributed by atoms with Crippen LogP contribution in [0.25, 0.3) is 0 Å². The van der Waals surface area contributed by atoms with E-state index in [1.165, 1.54) is 4.90 Å². The molecule has 3 rings (SSSR count). The fourth-order valence-corrected chi connectivity index (χ4v) is 2.26. The first-order valence-electron chi connectivity index (χ1n) is 5.52. The van der Waals surface area contributed by atoms with Gasteiger partial charge in [0.15, 0.2) is 0 Å². The van der Waals surface area contributed by atoms with Gasteiger partial charge in [-0.05, 0) is 19.1 Å². The number of nitrogens with zero attached hydrogens (tertiary/aromatic N) is 3. The molecule has 1 aromatic heterocycles. The molecule has 96 valence electrons. The van der Waals surface area contributed by atoms with Crippen molar-refractivity contribution in [3.05, 3.63) is 40.2 Å². The average Bonchev–Trinajstić information content (AvgIpc) is 2.89. The lowest BCUT2D eigenvalue weighted by atomic mass is 10.1. The van der Waals surface area contributed by atoms with Gasteiger partial charge in [0.1, 0.15) is 11.4 Å². The third-order valence-electron chi connectivity index (χ3n) is 3.00. The molecule has 0 radical (unpaired) electrons. The number of hydrogen-bond donors (Lipinski definition) is 0. The van der Waals surface area contributed by atoms with Crippen molar-refractivity contribution < 1.29 is 14.2 Å². The maximum atomic E-state index is 12.0. The number of amides is 1. The first-order chi connectivity index (χ1) is 9.09. The van der Waals surface area contributed by atoms with Crippen LogP contribution < -0.4 is 4.90 Å². The van der Waals surface area contributed by atoms with E-state index in [4.69, 9.17) is 11.6 Å². The quantitative estimate of drug-likeness (QED) is 0.782. The number of ketones is 1. The topological polar surface area (TPSA) is 76.3 Å². The Labute approximate surface area is 112 Å². The van der Waals surface area contributed by atoms with E-state index in [0.29, 0.717) is 17.1 Å². The zero-order valence-corrected chi connectivity index (χ0v) is 10.6. The van der Waals surface area contributed by atoms with Gasteiger partial charge in [-0.1, -0.05) is 28.0 Å². The van der Waals surface area contributed by atoms with E-state index >= 15 is 0 Å². The van der Waals surface area contributed by atoms with Gasteiger partial charge in [0.2, 0.25) is 0 Å². The van der Waals surface area contributed by atoms with Gasteiger partial charge in [0.05, 0.1) is 22.8 Å². The van der Waals surface area contributed by atoms with Gasteiger partial charge >= 0.3 is 0 Å². The molecule has 1 aliphatic rings. The predicted octanol–water partition coefficient (Wildman–Crippen LogP) is 1.76. The number of anilines is 1. The van der Waals surface area contributed by atoms with Crippen molar-refractivity contribution in [1.82, 2.24) is 10.3 Å². The third-order valence-corrected chi connectivity index (χ3v) is 3.32. The van der Waals surface area contributed by atoms with Gasteiger partial charge in [-0.3, -0.25) is 14.5 Å². The van der Waals surface area contributed by atoms with Gasteiger partial charge in [0, 0.05) is 0 Å². The molecular formula is C12H8ClN3O3. The number of Topliss-reactive ketones (excluding diaryl/α,β-unsaturated/α-hetero) is 1. The number of halogens is 1. The highest BCUT2D eigenvalue weighted by atomic mass is 35.5. The zero-order chi connectivity index (χ0) is 13.6. The van der Waals surface area contributed by atoms with Crippen LogP contribution in [0.3, 0.4) is 0 Å². The van der Waals surface area contributed by atoms with Crippen molar-refractivity contribution in [2.75, 3.05) is 4.90 Å². The van der Waals surface area contributed by atoms with Crippen LogP contribution in [0, 0.1) is 6.92 Å². The molecule has 0 spiro atoms. The summed E-state index contributed by atoms with van der Waals surface area (Å²) in [5.74, 6) is -1.22. The lowest BCUT2D eigenvalue weighted by Gasteiger charge is -2.14. The molecule has 1 aromatic carbocycles. The minimum absolute atomic E-state index is 0.132. The largest absolute Gasteiger partial charge is 0.299 e. The normalized spacial score (nSPS) is 14.1. The SMILES string of the molecule is Cc1nonc1CN1C(=O)C(=O)c2c(Cl)cccc21.